The molecule has 5 N–H and O–H groups in total. The summed E-state index contributed by atoms with van der Waals surface area (Å²) in [5.74, 6) is -0.108. The molecule has 1 amide bonds. The zero-order valence-corrected chi connectivity index (χ0v) is 17.0. The van der Waals surface area contributed by atoms with Crippen LogP contribution in [0.2, 0.25) is 0 Å². The molecule has 1 fully saturated rings. The second-order valence-electron chi connectivity index (χ2n) is 7.21. The van der Waals surface area contributed by atoms with Crippen LogP contribution in [0.15, 0.2) is 66.9 Å². The van der Waals surface area contributed by atoms with Crippen molar-refractivity contribution in [1.82, 2.24) is 4.98 Å². The molecule has 0 unspecified atom stereocenters. The van der Waals surface area contributed by atoms with Gasteiger partial charge in [0.05, 0.1) is 24.5 Å². The fourth-order valence-corrected chi connectivity index (χ4v) is 3.43. The summed E-state index contributed by atoms with van der Waals surface area (Å²) in [6, 6.07) is 18.8. The lowest BCUT2D eigenvalue weighted by Crippen LogP contribution is -2.36. The molecule has 1 aromatic heterocycles. The van der Waals surface area contributed by atoms with Gasteiger partial charge < -0.3 is 31.1 Å². The van der Waals surface area contributed by atoms with Gasteiger partial charge in [-0.1, -0.05) is 30.3 Å². The first kappa shape index (κ1) is 20.6. The lowest BCUT2D eigenvalue weighted by molar-refractivity contribution is 0.100. The lowest BCUT2D eigenvalue weighted by Gasteiger charge is -2.28. The highest BCUT2D eigenvalue weighted by Gasteiger charge is 2.15. The van der Waals surface area contributed by atoms with Crippen LogP contribution in [0.4, 0.5) is 22.9 Å². The molecule has 2 heterocycles. The van der Waals surface area contributed by atoms with Crippen LogP contribution in [-0.4, -0.2) is 42.3 Å². The monoisotopic (exact) mass is 419 g/mol. The number of morpholine rings is 1. The number of nitrogens with two attached hydrogens (primary N) is 1. The van der Waals surface area contributed by atoms with Gasteiger partial charge >= 0.3 is 0 Å². The Labute approximate surface area is 180 Å². The van der Waals surface area contributed by atoms with E-state index in [1.807, 2.05) is 42.5 Å². The predicted molar refractivity (Wildman–Crippen MR) is 121 cm³/mol. The van der Waals surface area contributed by atoms with Crippen molar-refractivity contribution >= 4 is 28.8 Å². The Balaban J connectivity index is 1.51. The van der Waals surface area contributed by atoms with E-state index in [4.69, 9.17) is 10.5 Å². The van der Waals surface area contributed by atoms with Crippen LogP contribution in [0.5, 0.6) is 0 Å². The van der Waals surface area contributed by atoms with Gasteiger partial charge in [0.15, 0.2) is 6.23 Å². The molecule has 0 saturated carbocycles. The fraction of sp³-hybridized carbons (Fsp3) is 0.217. The maximum absolute atomic E-state index is 11.8. The molecule has 0 bridgehead atoms. The zero-order valence-electron chi connectivity index (χ0n) is 17.0. The van der Waals surface area contributed by atoms with Crippen LogP contribution in [0.1, 0.15) is 22.1 Å². The van der Waals surface area contributed by atoms with Gasteiger partial charge in [0, 0.05) is 42.3 Å². The van der Waals surface area contributed by atoms with E-state index in [2.05, 4.69) is 20.5 Å². The number of anilines is 4. The van der Waals surface area contributed by atoms with E-state index in [-0.39, 0.29) is 5.56 Å². The van der Waals surface area contributed by atoms with E-state index in [0.717, 1.165) is 37.7 Å². The second-order valence-corrected chi connectivity index (χ2v) is 7.21. The Hall–Kier alpha value is -3.62. The Kier molecular flexibility index (Phi) is 6.30. The van der Waals surface area contributed by atoms with Gasteiger partial charge in [0.25, 0.3) is 5.91 Å². The molecule has 4 rings (SSSR count). The van der Waals surface area contributed by atoms with Crippen LogP contribution in [0.25, 0.3) is 0 Å². The summed E-state index contributed by atoms with van der Waals surface area (Å²) in [6.07, 6.45) is 0.398. The first-order chi connectivity index (χ1) is 15.1. The minimum Gasteiger partial charge on any atom is -0.378 e. The van der Waals surface area contributed by atoms with Crippen LogP contribution in [0, 0.1) is 0 Å². The highest BCUT2D eigenvalue weighted by Crippen LogP contribution is 2.26. The number of primary amides is 1. The van der Waals surface area contributed by atoms with Crippen molar-refractivity contribution < 1.29 is 14.6 Å². The number of nitrogens with zero attached hydrogens (tertiary/aromatic N) is 2. The fourth-order valence-electron chi connectivity index (χ4n) is 3.43. The number of carbonyl (C=O) groups excluding carboxylic acids is 1. The van der Waals surface area contributed by atoms with Gasteiger partial charge in [0.1, 0.15) is 5.82 Å². The van der Waals surface area contributed by atoms with E-state index in [0.29, 0.717) is 17.1 Å². The van der Waals surface area contributed by atoms with Crippen molar-refractivity contribution in [2.75, 3.05) is 41.8 Å². The molecule has 0 spiro atoms. The SMILES string of the molecule is NC(=O)c1cnc(Nc2ccc(N3CCOCC3)cc2)cc1N[C@H](O)c1ccccc1. The van der Waals surface area contributed by atoms with E-state index < -0.39 is 12.1 Å². The first-order valence-corrected chi connectivity index (χ1v) is 10.1. The number of aliphatic hydroxyl groups excluding tert-OH is 1. The molecule has 1 saturated heterocycles. The quantitative estimate of drug-likeness (QED) is 0.436. The van der Waals surface area contributed by atoms with Crippen molar-refractivity contribution in [1.29, 1.82) is 0 Å². The Morgan fingerprint density at radius 2 is 1.81 bits per heavy atom. The van der Waals surface area contributed by atoms with E-state index in [1.165, 1.54) is 6.20 Å². The normalized spacial score (nSPS) is 14.7. The standard InChI is InChI=1S/C23H25N5O3/c24-22(29)19-15-25-21(14-20(19)27-23(30)16-4-2-1-3-5-16)26-17-6-8-18(9-7-17)28-10-12-31-13-11-28/h1-9,14-15,23,30H,10-13H2,(H2,24,29)(H2,25,26,27)/t23-/m1/s1. The molecule has 1 aliphatic rings. The molecule has 1 atom stereocenters. The van der Waals surface area contributed by atoms with Crippen molar-refractivity contribution in [3.8, 4) is 0 Å². The lowest BCUT2D eigenvalue weighted by atomic mass is 10.1. The molecule has 1 aliphatic heterocycles. The average molecular weight is 419 g/mol. The number of benzene rings is 2. The Morgan fingerprint density at radius 3 is 2.48 bits per heavy atom. The number of pyridine rings is 1. The highest BCUT2D eigenvalue weighted by atomic mass is 16.5. The third kappa shape index (κ3) is 5.11. The molecule has 2 aromatic carbocycles. The third-order valence-corrected chi connectivity index (χ3v) is 5.09. The van der Waals surface area contributed by atoms with E-state index in [1.54, 1.807) is 18.2 Å². The Bertz CT molecular complexity index is 1020. The number of carbonyl (C=O) groups is 1. The summed E-state index contributed by atoms with van der Waals surface area (Å²) < 4.78 is 5.40. The maximum atomic E-state index is 11.8. The van der Waals surface area contributed by atoms with Crippen LogP contribution < -0.4 is 21.3 Å². The van der Waals surface area contributed by atoms with Gasteiger partial charge in [-0.2, -0.15) is 0 Å². The molecule has 0 radical (unpaired) electrons. The van der Waals surface area contributed by atoms with Gasteiger partial charge in [0.2, 0.25) is 0 Å². The number of amides is 1. The van der Waals surface area contributed by atoms with Crippen molar-refractivity contribution in [2.45, 2.75) is 6.23 Å². The minimum absolute atomic E-state index is 0.197. The number of hydrogen-bond donors (Lipinski definition) is 4. The van der Waals surface area contributed by atoms with Gasteiger partial charge in [-0.25, -0.2) is 4.98 Å². The number of hydrogen-bond acceptors (Lipinski definition) is 7. The van der Waals surface area contributed by atoms with Gasteiger partial charge in [-0.15, -0.1) is 0 Å². The highest BCUT2D eigenvalue weighted by molar-refractivity contribution is 5.98. The average Bonchev–Trinajstić information content (AvgIpc) is 2.81. The Morgan fingerprint density at radius 1 is 1.10 bits per heavy atom. The largest absolute Gasteiger partial charge is 0.378 e. The van der Waals surface area contributed by atoms with E-state index >= 15 is 0 Å². The van der Waals surface area contributed by atoms with Crippen molar-refractivity contribution in [3.05, 3.63) is 78.0 Å². The molecule has 8 nitrogen and oxygen atoms in total. The van der Waals surface area contributed by atoms with Crippen LogP contribution >= 0.6 is 0 Å². The third-order valence-electron chi connectivity index (χ3n) is 5.09. The number of ether oxygens (including phenoxy) is 1. The van der Waals surface area contributed by atoms with Crippen molar-refractivity contribution in [3.63, 3.8) is 0 Å². The molecular weight excluding hydrogens is 394 g/mol. The van der Waals surface area contributed by atoms with Crippen LogP contribution in [0.3, 0.4) is 0 Å². The predicted octanol–water partition coefficient (Wildman–Crippen LogP) is 2.86. The molecule has 8 heteroatoms. The number of rotatable bonds is 7. The smallest absolute Gasteiger partial charge is 0.252 e. The summed E-state index contributed by atoms with van der Waals surface area (Å²) in [5, 5.41) is 16.7. The summed E-state index contributed by atoms with van der Waals surface area (Å²) >= 11 is 0. The maximum Gasteiger partial charge on any atom is 0.252 e. The van der Waals surface area contributed by atoms with E-state index in [9.17, 15) is 9.90 Å². The zero-order chi connectivity index (χ0) is 21.6. The minimum atomic E-state index is -0.998. The van der Waals surface area contributed by atoms with Crippen LogP contribution in [-0.2, 0) is 4.74 Å². The molecule has 31 heavy (non-hydrogen) atoms. The number of nitrogens with one attached hydrogen (secondary N) is 2. The number of aromatic nitrogens is 1. The summed E-state index contributed by atoms with van der Waals surface area (Å²) in [4.78, 5) is 18.4. The molecule has 0 aliphatic carbocycles. The molecule has 160 valence electrons. The number of aliphatic hydroxyl groups is 1. The molecular formula is C23H25N5O3. The van der Waals surface area contributed by atoms with Crippen molar-refractivity contribution in [2.24, 2.45) is 5.73 Å². The van der Waals surface area contributed by atoms with Gasteiger partial charge in [-0.05, 0) is 24.3 Å². The van der Waals surface area contributed by atoms with Gasteiger partial charge in [-0.3, -0.25) is 4.79 Å². The summed E-state index contributed by atoms with van der Waals surface area (Å²) in [7, 11) is 0. The summed E-state index contributed by atoms with van der Waals surface area (Å²) in [5.41, 5.74) is 8.74. The summed E-state index contributed by atoms with van der Waals surface area (Å²) in [6.45, 7) is 3.23. The topological polar surface area (TPSA) is 113 Å². The molecule has 3 aromatic rings. The first-order valence-electron chi connectivity index (χ1n) is 10.1. The second kappa shape index (κ2) is 9.46.